The maximum atomic E-state index is 5.78. The minimum Gasteiger partial charge on any atom is -0.399 e. The molecule has 17 heavy (non-hydrogen) atoms. The molecular weight excluding hydrogens is 212 g/mol. The number of nitrogens with zero attached hydrogens (tertiary/aromatic N) is 3. The summed E-state index contributed by atoms with van der Waals surface area (Å²) in [6.07, 6.45) is 0. The van der Waals surface area contributed by atoms with E-state index in [1.165, 1.54) is 0 Å². The first-order valence-electron chi connectivity index (χ1n) is 5.88. The summed E-state index contributed by atoms with van der Waals surface area (Å²) in [5.74, 6) is 1.04. The van der Waals surface area contributed by atoms with E-state index in [2.05, 4.69) is 41.5 Å². The quantitative estimate of drug-likeness (QED) is 0.824. The lowest BCUT2D eigenvalue weighted by Crippen LogP contribution is -2.23. The highest BCUT2D eigenvalue weighted by Crippen LogP contribution is 2.22. The Hall–Kier alpha value is -1.55. The van der Waals surface area contributed by atoms with Crippen molar-refractivity contribution in [1.82, 2.24) is 14.5 Å². The number of hydrogen-bond donors (Lipinski definition) is 1. The third-order valence-electron chi connectivity index (χ3n) is 2.96. The molecule has 1 aromatic heterocycles. The summed E-state index contributed by atoms with van der Waals surface area (Å²) < 4.78 is 2.27. The molecule has 1 atom stereocenters. The van der Waals surface area contributed by atoms with Gasteiger partial charge in [-0.3, -0.25) is 0 Å². The van der Waals surface area contributed by atoms with Crippen LogP contribution in [-0.4, -0.2) is 35.1 Å². The first-order valence-corrected chi connectivity index (χ1v) is 5.88. The Morgan fingerprint density at radius 3 is 2.76 bits per heavy atom. The van der Waals surface area contributed by atoms with Crippen LogP contribution >= 0.6 is 0 Å². The highest BCUT2D eigenvalue weighted by Gasteiger charge is 2.13. The molecule has 0 aliphatic heterocycles. The van der Waals surface area contributed by atoms with Gasteiger partial charge in [-0.2, -0.15) is 0 Å². The lowest BCUT2D eigenvalue weighted by molar-refractivity contribution is 0.338. The average Bonchev–Trinajstić information content (AvgIpc) is 2.51. The van der Waals surface area contributed by atoms with Crippen LogP contribution < -0.4 is 5.73 Å². The number of hydrogen-bond acceptors (Lipinski definition) is 3. The highest BCUT2D eigenvalue weighted by molar-refractivity contribution is 5.79. The van der Waals surface area contributed by atoms with Crippen molar-refractivity contribution in [2.75, 3.05) is 26.4 Å². The van der Waals surface area contributed by atoms with Crippen LogP contribution in [0.1, 0.15) is 18.8 Å². The summed E-state index contributed by atoms with van der Waals surface area (Å²) in [6, 6.07) is 6.32. The predicted molar refractivity (Wildman–Crippen MR) is 72.1 cm³/mol. The van der Waals surface area contributed by atoms with E-state index in [1.807, 2.05) is 19.1 Å². The minimum absolute atomic E-state index is 0.402. The van der Waals surface area contributed by atoms with Crippen LogP contribution in [0.3, 0.4) is 0 Å². The molecular formula is C13H20N4. The number of aryl methyl sites for hydroxylation is 1. The van der Waals surface area contributed by atoms with Crippen LogP contribution in [0, 0.1) is 6.92 Å². The summed E-state index contributed by atoms with van der Waals surface area (Å²) in [5, 5.41) is 0. The molecule has 2 rings (SSSR count). The van der Waals surface area contributed by atoms with Gasteiger partial charge in [0.15, 0.2) is 0 Å². The Morgan fingerprint density at radius 1 is 1.41 bits per heavy atom. The topological polar surface area (TPSA) is 47.1 Å². The Kier molecular flexibility index (Phi) is 3.07. The summed E-state index contributed by atoms with van der Waals surface area (Å²) in [7, 11) is 4.17. The van der Waals surface area contributed by atoms with E-state index in [0.29, 0.717) is 6.04 Å². The Labute approximate surface area is 102 Å². The van der Waals surface area contributed by atoms with Gasteiger partial charge in [-0.15, -0.1) is 0 Å². The van der Waals surface area contributed by atoms with E-state index in [0.717, 1.165) is 29.1 Å². The van der Waals surface area contributed by atoms with Crippen molar-refractivity contribution in [1.29, 1.82) is 0 Å². The van der Waals surface area contributed by atoms with Crippen LogP contribution in [0.15, 0.2) is 18.2 Å². The van der Waals surface area contributed by atoms with E-state index in [4.69, 9.17) is 5.73 Å². The molecule has 0 fully saturated rings. The molecule has 0 bridgehead atoms. The zero-order valence-electron chi connectivity index (χ0n) is 10.9. The Balaban J connectivity index is 2.49. The fraction of sp³-hybridized carbons (Fsp3) is 0.462. The molecule has 2 aromatic rings. The SMILES string of the molecule is Cc1nc2cc(N)ccc2n1C(C)CN(C)C. The fourth-order valence-corrected chi connectivity index (χ4v) is 2.40. The number of anilines is 1. The molecule has 0 saturated heterocycles. The second-order valence-electron chi connectivity index (χ2n) is 4.89. The number of likely N-dealkylation sites (N-methyl/N-ethyl adjacent to an activating group) is 1. The molecule has 0 radical (unpaired) electrons. The van der Waals surface area contributed by atoms with Crippen molar-refractivity contribution in [3.8, 4) is 0 Å². The molecule has 1 heterocycles. The fourth-order valence-electron chi connectivity index (χ4n) is 2.40. The van der Waals surface area contributed by atoms with Crippen molar-refractivity contribution in [3.05, 3.63) is 24.0 Å². The maximum Gasteiger partial charge on any atom is 0.107 e. The van der Waals surface area contributed by atoms with E-state index in [1.54, 1.807) is 0 Å². The Bertz CT molecular complexity index is 527. The van der Waals surface area contributed by atoms with Gasteiger partial charge in [-0.05, 0) is 46.1 Å². The molecule has 1 unspecified atom stereocenters. The van der Waals surface area contributed by atoms with Crippen molar-refractivity contribution in [3.63, 3.8) is 0 Å². The minimum atomic E-state index is 0.402. The first kappa shape index (κ1) is 11.9. The van der Waals surface area contributed by atoms with Gasteiger partial charge in [0.25, 0.3) is 0 Å². The van der Waals surface area contributed by atoms with Gasteiger partial charge in [-0.25, -0.2) is 4.98 Å². The zero-order valence-corrected chi connectivity index (χ0v) is 10.9. The molecule has 0 aliphatic rings. The molecule has 4 heteroatoms. The van der Waals surface area contributed by atoms with Crippen molar-refractivity contribution < 1.29 is 0 Å². The zero-order chi connectivity index (χ0) is 12.6. The van der Waals surface area contributed by atoms with Gasteiger partial charge in [0.05, 0.1) is 11.0 Å². The molecule has 2 N–H and O–H groups in total. The van der Waals surface area contributed by atoms with Gasteiger partial charge in [0.2, 0.25) is 0 Å². The predicted octanol–water partition coefficient (Wildman–Crippen LogP) is 2.05. The van der Waals surface area contributed by atoms with Crippen molar-refractivity contribution >= 4 is 16.7 Å². The van der Waals surface area contributed by atoms with E-state index in [-0.39, 0.29) is 0 Å². The summed E-state index contributed by atoms with van der Waals surface area (Å²) >= 11 is 0. The molecule has 0 amide bonds. The normalized spacial score (nSPS) is 13.5. The number of fused-ring (bicyclic) bond motifs is 1. The van der Waals surface area contributed by atoms with Crippen LogP contribution in [0.4, 0.5) is 5.69 Å². The van der Waals surface area contributed by atoms with Crippen LogP contribution in [0.5, 0.6) is 0 Å². The van der Waals surface area contributed by atoms with E-state index < -0.39 is 0 Å². The second kappa shape index (κ2) is 4.37. The molecule has 92 valence electrons. The van der Waals surface area contributed by atoms with Gasteiger partial charge in [-0.1, -0.05) is 0 Å². The summed E-state index contributed by atoms with van der Waals surface area (Å²) in [4.78, 5) is 6.75. The maximum absolute atomic E-state index is 5.78. The lowest BCUT2D eigenvalue weighted by Gasteiger charge is -2.20. The number of aromatic nitrogens is 2. The molecule has 0 spiro atoms. The molecule has 0 aliphatic carbocycles. The highest BCUT2D eigenvalue weighted by atomic mass is 15.2. The molecule has 4 nitrogen and oxygen atoms in total. The number of rotatable bonds is 3. The third kappa shape index (κ3) is 2.26. The van der Waals surface area contributed by atoms with E-state index in [9.17, 15) is 0 Å². The van der Waals surface area contributed by atoms with Crippen molar-refractivity contribution in [2.45, 2.75) is 19.9 Å². The van der Waals surface area contributed by atoms with Crippen LogP contribution in [0.2, 0.25) is 0 Å². The standard InChI is InChI=1S/C13H20N4/c1-9(8-16(3)4)17-10(2)15-12-7-11(14)5-6-13(12)17/h5-7,9H,8,14H2,1-4H3. The third-order valence-corrected chi connectivity index (χ3v) is 2.96. The van der Waals surface area contributed by atoms with Crippen LogP contribution in [-0.2, 0) is 0 Å². The van der Waals surface area contributed by atoms with Crippen LogP contribution in [0.25, 0.3) is 11.0 Å². The van der Waals surface area contributed by atoms with Gasteiger partial charge < -0.3 is 15.2 Å². The number of benzene rings is 1. The van der Waals surface area contributed by atoms with Crippen molar-refractivity contribution in [2.24, 2.45) is 0 Å². The Morgan fingerprint density at radius 2 is 2.12 bits per heavy atom. The smallest absolute Gasteiger partial charge is 0.107 e. The molecule has 0 saturated carbocycles. The second-order valence-corrected chi connectivity index (χ2v) is 4.89. The average molecular weight is 232 g/mol. The number of imidazole rings is 1. The van der Waals surface area contributed by atoms with Gasteiger partial charge in [0.1, 0.15) is 5.82 Å². The van der Waals surface area contributed by atoms with Gasteiger partial charge >= 0.3 is 0 Å². The summed E-state index contributed by atoms with van der Waals surface area (Å²) in [5.41, 5.74) is 8.69. The largest absolute Gasteiger partial charge is 0.399 e. The monoisotopic (exact) mass is 232 g/mol. The summed E-state index contributed by atoms with van der Waals surface area (Å²) in [6.45, 7) is 5.25. The lowest BCUT2D eigenvalue weighted by atomic mass is 10.2. The number of nitrogen functional groups attached to an aromatic ring is 1. The van der Waals surface area contributed by atoms with Gasteiger partial charge in [0, 0.05) is 18.3 Å². The molecule has 1 aromatic carbocycles. The first-order chi connectivity index (χ1) is 7.99. The number of nitrogens with two attached hydrogens (primary N) is 1. The van der Waals surface area contributed by atoms with E-state index >= 15 is 0 Å².